The Balaban J connectivity index is 1.14. The molecule has 1 atom stereocenters. The fourth-order valence-electron chi connectivity index (χ4n) is 4.90. The highest BCUT2D eigenvalue weighted by atomic mass is 35.5. The summed E-state index contributed by atoms with van der Waals surface area (Å²) in [5.74, 6) is 0.511. The summed E-state index contributed by atoms with van der Waals surface area (Å²) in [4.78, 5) is 16.5. The molecule has 0 saturated carbocycles. The second-order valence-corrected chi connectivity index (χ2v) is 10.2. The van der Waals surface area contributed by atoms with Crippen LogP contribution in [0.4, 0.5) is 0 Å². The Morgan fingerprint density at radius 3 is 2.66 bits per heavy atom. The van der Waals surface area contributed by atoms with E-state index in [1.54, 1.807) is 29.2 Å². The van der Waals surface area contributed by atoms with Crippen LogP contribution in [0.25, 0.3) is 22.4 Å². The van der Waals surface area contributed by atoms with Gasteiger partial charge in [0.25, 0.3) is 0 Å². The van der Waals surface area contributed by atoms with Crippen LogP contribution < -0.4 is 4.74 Å². The minimum absolute atomic E-state index is 0.0690. The number of halogens is 1. The van der Waals surface area contributed by atoms with Crippen LogP contribution in [0.5, 0.6) is 5.75 Å². The number of benzene rings is 3. The van der Waals surface area contributed by atoms with Crippen LogP contribution in [0.2, 0.25) is 5.02 Å². The summed E-state index contributed by atoms with van der Waals surface area (Å²) in [6.07, 6.45) is 5.81. The molecule has 1 N–H and O–H groups in total. The van der Waals surface area contributed by atoms with E-state index in [4.69, 9.17) is 21.1 Å². The van der Waals surface area contributed by atoms with Crippen molar-refractivity contribution in [3.05, 3.63) is 89.0 Å². The Hall–Kier alpha value is -3.16. The smallest absolute Gasteiger partial charge is 0.246 e. The molecule has 0 aliphatic carbocycles. The highest BCUT2D eigenvalue weighted by Gasteiger charge is 2.18. The highest BCUT2D eigenvalue weighted by Crippen LogP contribution is 2.27. The van der Waals surface area contributed by atoms with Gasteiger partial charge in [-0.3, -0.25) is 9.69 Å². The molecular weight excluding hydrogens is 500 g/mol. The van der Waals surface area contributed by atoms with E-state index in [9.17, 15) is 9.90 Å². The molecule has 0 aromatic heterocycles. The van der Waals surface area contributed by atoms with Gasteiger partial charge in [-0.05, 0) is 58.7 Å². The Kier molecular flexibility index (Phi) is 8.76. The second kappa shape index (κ2) is 12.6. The number of hydrogen-bond acceptors (Lipinski definition) is 5. The molecule has 2 aliphatic heterocycles. The summed E-state index contributed by atoms with van der Waals surface area (Å²) in [7, 11) is 0. The number of fused-ring (bicyclic) bond motifs is 1. The van der Waals surface area contributed by atoms with E-state index in [0.29, 0.717) is 49.2 Å². The quantitative estimate of drug-likeness (QED) is 0.418. The molecule has 5 rings (SSSR count). The zero-order chi connectivity index (χ0) is 26.3. The van der Waals surface area contributed by atoms with Crippen LogP contribution in [0, 0.1) is 0 Å². The van der Waals surface area contributed by atoms with Crippen molar-refractivity contribution < 1.29 is 19.4 Å². The van der Waals surface area contributed by atoms with E-state index in [2.05, 4.69) is 53.4 Å². The van der Waals surface area contributed by atoms with Crippen molar-refractivity contribution in [3.8, 4) is 5.75 Å². The summed E-state index contributed by atoms with van der Waals surface area (Å²) in [6, 6.07) is 20.3. The zero-order valence-electron chi connectivity index (χ0n) is 21.4. The largest absolute Gasteiger partial charge is 0.490 e. The second-order valence-electron chi connectivity index (χ2n) is 9.72. The number of carbonyl (C=O) groups is 1. The average molecular weight is 533 g/mol. The number of aliphatic hydroxyl groups is 1. The summed E-state index contributed by atoms with van der Waals surface area (Å²) in [5.41, 5.74) is 3.32. The van der Waals surface area contributed by atoms with Gasteiger partial charge in [-0.1, -0.05) is 54.1 Å². The van der Waals surface area contributed by atoms with Gasteiger partial charge in [-0.15, -0.1) is 0 Å². The summed E-state index contributed by atoms with van der Waals surface area (Å²) < 4.78 is 11.3. The molecule has 6 nitrogen and oxygen atoms in total. The maximum atomic E-state index is 12.5. The van der Waals surface area contributed by atoms with Crippen molar-refractivity contribution in [2.24, 2.45) is 0 Å². The lowest BCUT2D eigenvalue weighted by Crippen LogP contribution is -2.39. The predicted octanol–water partition coefficient (Wildman–Crippen LogP) is 4.89. The molecule has 3 aromatic rings. The molecule has 2 aliphatic rings. The van der Waals surface area contributed by atoms with Gasteiger partial charge in [0.2, 0.25) is 5.91 Å². The summed E-state index contributed by atoms with van der Waals surface area (Å²) in [5, 5.41) is 13.8. The van der Waals surface area contributed by atoms with Gasteiger partial charge in [0.05, 0.1) is 13.2 Å². The van der Waals surface area contributed by atoms with Crippen molar-refractivity contribution >= 4 is 39.9 Å². The number of nitrogens with zero attached hydrogens (tertiary/aromatic N) is 2. The van der Waals surface area contributed by atoms with Crippen molar-refractivity contribution in [1.29, 1.82) is 0 Å². The normalized spacial score (nSPS) is 17.5. The van der Waals surface area contributed by atoms with Crippen molar-refractivity contribution in [3.63, 3.8) is 0 Å². The van der Waals surface area contributed by atoms with Crippen LogP contribution in [-0.2, 0) is 9.53 Å². The van der Waals surface area contributed by atoms with E-state index in [1.165, 1.54) is 28.0 Å². The molecule has 0 spiro atoms. The molecule has 0 bridgehead atoms. The maximum Gasteiger partial charge on any atom is 0.246 e. The molecule has 198 valence electrons. The minimum atomic E-state index is -0.645. The lowest BCUT2D eigenvalue weighted by Gasteiger charge is -2.28. The number of rotatable bonds is 8. The first-order chi connectivity index (χ1) is 18.5. The van der Waals surface area contributed by atoms with Gasteiger partial charge in [0.1, 0.15) is 18.5 Å². The van der Waals surface area contributed by atoms with Crippen LogP contribution in [0.15, 0.2) is 72.8 Å². The monoisotopic (exact) mass is 532 g/mol. The lowest BCUT2D eigenvalue weighted by molar-refractivity contribution is -0.129. The number of morpholine rings is 1. The van der Waals surface area contributed by atoms with Gasteiger partial charge < -0.3 is 19.5 Å². The predicted molar refractivity (Wildman–Crippen MR) is 152 cm³/mol. The fraction of sp³-hybridized carbons (Fsp3) is 0.323. The molecule has 1 fully saturated rings. The average Bonchev–Trinajstić information content (AvgIpc) is 2.96. The molecule has 7 heteroatoms. The van der Waals surface area contributed by atoms with Crippen molar-refractivity contribution in [1.82, 2.24) is 9.80 Å². The third-order valence-corrected chi connectivity index (χ3v) is 7.25. The standard InChI is InChI=1S/C31H33ClN2O4/c32-28-8-9-30(27(20-28)7-10-31(36)34-15-17-37-18-16-34)38-22-29(35)21-33-13-11-24(12-14-33)26-6-5-23-3-1-2-4-25(23)19-26/h1-11,19-20,29,35H,12-18,21-22H2. The van der Waals surface area contributed by atoms with Crippen LogP contribution in [-0.4, -0.2) is 79.5 Å². The van der Waals surface area contributed by atoms with Gasteiger partial charge in [-0.2, -0.15) is 0 Å². The van der Waals surface area contributed by atoms with Crippen molar-refractivity contribution in [2.75, 3.05) is 52.5 Å². The fourth-order valence-corrected chi connectivity index (χ4v) is 5.08. The number of aliphatic hydroxyl groups excluding tert-OH is 1. The molecule has 1 unspecified atom stereocenters. The molecule has 2 heterocycles. The van der Waals surface area contributed by atoms with E-state index >= 15 is 0 Å². The first-order valence-electron chi connectivity index (χ1n) is 13.1. The van der Waals surface area contributed by atoms with Gasteiger partial charge in [-0.25, -0.2) is 0 Å². The Labute approximate surface area is 228 Å². The van der Waals surface area contributed by atoms with Crippen molar-refractivity contribution in [2.45, 2.75) is 12.5 Å². The third-order valence-electron chi connectivity index (χ3n) is 7.01. The molecule has 3 aromatic carbocycles. The topological polar surface area (TPSA) is 62.2 Å². The Morgan fingerprint density at radius 2 is 1.87 bits per heavy atom. The lowest BCUT2D eigenvalue weighted by atomic mass is 9.97. The van der Waals surface area contributed by atoms with Gasteiger partial charge in [0.15, 0.2) is 0 Å². The number of hydrogen-bond donors (Lipinski definition) is 1. The summed E-state index contributed by atoms with van der Waals surface area (Å²) in [6.45, 7) is 4.63. The molecule has 38 heavy (non-hydrogen) atoms. The first-order valence-corrected chi connectivity index (χ1v) is 13.5. The minimum Gasteiger partial charge on any atom is -0.490 e. The van der Waals surface area contributed by atoms with E-state index in [1.807, 2.05) is 0 Å². The zero-order valence-corrected chi connectivity index (χ0v) is 22.1. The van der Waals surface area contributed by atoms with Crippen LogP contribution in [0.1, 0.15) is 17.5 Å². The SMILES string of the molecule is O=C(C=Cc1cc(Cl)ccc1OCC(O)CN1CC=C(c2ccc3ccccc3c2)CC1)N1CCOCC1. The molecule has 1 saturated heterocycles. The van der Waals surface area contributed by atoms with E-state index in [0.717, 1.165) is 19.5 Å². The molecule has 1 amide bonds. The number of amides is 1. The first kappa shape index (κ1) is 26.4. The Bertz CT molecular complexity index is 1330. The van der Waals surface area contributed by atoms with Gasteiger partial charge >= 0.3 is 0 Å². The summed E-state index contributed by atoms with van der Waals surface area (Å²) >= 11 is 6.19. The number of ether oxygens (including phenoxy) is 2. The van der Waals surface area contributed by atoms with E-state index in [-0.39, 0.29) is 12.5 Å². The molecular formula is C31H33ClN2O4. The maximum absolute atomic E-state index is 12.5. The van der Waals surface area contributed by atoms with Crippen LogP contribution >= 0.6 is 11.6 Å². The Morgan fingerprint density at radius 1 is 1.05 bits per heavy atom. The third kappa shape index (κ3) is 6.83. The molecule has 0 radical (unpaired) electrons. The highest BCUT2D eigenvalue weighted by molar-refractivity contribution is 6.30. The van der Waals surface area contributed by atoms with Gasteiger partial charge in [0, 0.05) is 49.4 Å². The van der Waals surface area contributed by atoms with E-state index < -0.39 is 6.10 Å². The number of β-amino-alcohol motifs (C(OH)–C–C–N with tert-alkyl or cyclic N) is 1. The van der Waals surface area contributed by atoms with Crippen LogP contribution in [0.3, 0.4) is 0 Å². The number of carbonyl (C=O) groups excluding carboxylic acids is 1.